The molecule has 3 atom stereocenters. The predicted molar refractivity (Wildman–Crippen MR) is 150 cm³/mol. The van der Waals surface area contributed by atoms with E-state index < -0.39 is 45.3 Å². The molecular weight excluding hydrogens is 546 g/mol. The van der Waals surface area contributed by atoms with Gasteiger partial charge in [0.15, 0.2) is 8.32 Å². The molecule has 0 saturated carbocycles. The largest absolute Gasteiger partial charge is 0.416 e. The Balaban J connectivity index is 1.99. The Bertz CT molecular complexity index is 1290. The Kier molecular flexibility index (Phi) is 7.26. The molecule has 4 rings (SSSR count). The standard InChI is InChI=1S/C30H36F6OSi2/c1-18-24-16-25(37-39(6,7)8)22-11-9-10-12-23(22)28(24,2)17-26(38(3,4)5)27(18)19-13-20(29(31,32)33)15-21(14-19)30(34,35)36/h9-15,24-25H,1,16-17H2,2-8H3/t24-,25+,28+/m0/s1. The molecule has 0 spiro atoms. The molecule has 212 valence electrons. The lowest BCUT2D eigenvalue weighted by Crippen LogP contribution is -2.47. The van der Waals surface area contributed by atoms with Gasteiger partial charge in [0.05, 0.1) is 25.3 Å². The molecule has 2 aliphatic rings. The smallest absolute Gasteiger partial charge is 0.411 e. The first-order valence-electron chi connectivity index (χ1n) is 13.1. The van der Waals surface area contributed by atoms with E-state index in [2.05, 4.69) is 64.9 Å². The van der Waals surface area contributed by atoms with E-state index in [4.69, 9.17) is 4.43 Å². The molecule has 39 heavy (non-hydrogen) atoms. The first-order valence-corrected chi connectivity index (χ1v) is 20.0. The van der Waals surface area contributed by atoms with E-state index in [9.17, 15) is 26.3 Å². The van der Waals surface area contributed by atoms with Gasteiger partial charge in [0.2, 0.25) is 0 Å². The minimum absolute atomic E-state index is 0.0526. The maximum atomic E-state index is 13.8. The molecule has 0 aliphatic heterocycles. The second-order valence-corrected chi connectivity index (χ2v) is 22.7. The first kappa shape index (κ1) is 29.9. The van der Waals surface area contributed by atoms with Crippen LogP contribution in [0.4, 0.5) is 26.3 Å². The van der Waals surface area contributed by atoms with Gasteiger partial charge in [-0.3, -0.25) is 0 Å². The Morgan fingerprint density at radius 2 is 1.41 bits per heavy atom. The van der Waals surface area contributed by atoms with Gasteiger partial charge in [0, 0.05) is 5.41 Å². The fourth-order valence-electron chi connectivity index (χ4n) is 6.29. The van der Waals surface area contributed by atoms with Crippen molar-refractivity contribution in [3.8, 4) is 0 Å². The summed E-state index contributed by atoms with van der Waals surface area (Å²) in [7, 11) is -4.22. The molecule has 0 heterocycles. The lowest BCUT2D eigenvalue weighted by molar-refractivity contribution is -0.143. The van der Waals surface area contributed by atoms with Gasteiger partial charge in [0.1, 0.15) is 0 Å². The Morgan fingerprint density at radius 1 is 0.872 bits per heavy atom. The van der Waals surface area contributed by atoms with Crippen molar-refractivity contribution in [1.82, 2.24) is 0 Å². The van der Waals surface area contributed by atoms with Crippen LogP contribution in [0.25, 0.3) is 5.57 Å². The molecule has 0 fully saturated rings. The monoisotopic (exact) mass is 582 g/mol. The lowest BCUT2D eigenvalue weighted by Gasteiger charge is -2.53. The van der Waals surface area contributed by atoms with Crippen LogP contribution < -0.4 is 0 Å². The summed E-state index contributed by atoms with van der Waals surface area (Å²) in [5, 5.41) is 0.943. The fourth-order valence-corrected chi connectivity index (χ4v) is 9.32. The molecule has 2 aliphatic carbocycles. The Labute approximate surface area is 229 Å². The third kappa shape index (κ3) is 5.72. The maximum Gasteiger partial charge on any atom is 0.416 e. The average molecular weight is 583 g/mol. The van der Waals surface area contributed by atoms with E-state index in [1.807, 2.05) is 12.1 Å². The minimum atomic E-state index is -4.92. The Hall–Kier alpha value is -2.11. The van der Waals surface area contributed by atoms with Gasteiger partial charge in [-0.15, -0.1) is 0 Å². The van der Waals surface area contributed by atoms with Crippen molar-refractivity contribution in [1.29, 1.82) is 0 Å². The summed E-state index contributed by atoms with van der Waals surface area (Å²) in [5.41, 5.74) is 0.258. The summed E-state index contributed by atoms with van der Waals surface area (Å²) >= 11 is 0. The topological polar surface area (TPSA) is 9.23 Å². The summed E-state index contributed by atoms with van der Waals surface area (Å²) in [5.74, 6) is -0.201. The van der Waals surface area contributed by atoms with Crippen LogP contribution in [0.15, 0.2) is 59.8 Å². The third-order valence-electron chi connectivity index (χ3n) is 8.01. The highest BCUT2D eigenvalue weighted by molar-refractivity contribution is 6.84. The molecule has 2 aromatic rings. The highest BCUT2D eigenvalue weighted by Crippen LogP contribution is 2.59. The van der Waals surface area contributed by atoms with E-state index in [0.29, 0.717) is 24.0 Å². The zero-order valence-electron chi connectivity index (χ0n) is 23.5. The highest BCUT2D eigenvalue weighted by Gasteiger charge is 2.51. The Morgan fingerprint density at radius 3 is 1.90 bits per heavy atom. The van der Waals surface area contributed by atoms with Gasteiger partial charge < -0.3 is 4.43 Å². The summed E-state index contributed by atoms with van der Waals surface area (Å²) < 4.78 is 89.6. The van der Waals surface area contributed by atoms with Gasteiger partial charge in [0.25, 0.3) is 0 Å². The molecule has 0 saturated heterocycles. The second kappa shape index (κ2) is 9.48. The van der Waals surface area contributed by atoms with Crippen molar-refractivity contribution in [2.75, 3.05) is 0 Å². The second-order valence-electron chi connectivity index (χ2n) is 13.1. The zero-order valence-corrected chi connectivity index (χ0v) is 25.5. The number of halogens is 6. The lowest BCUT2D eigenvalue weighted by atomic mass is 9.56. The van der Waals surface area contributed by atoms with E-state index in [-0.39, 0.29) is 23.7 Å². The predicted octanol–water partition coefficient (Wildman–Crippen LogP) is 10.2. The molecule has 0 N–H and O–H groups in total. The van der Waals surface area contributed by atoms with Crippen LogP contribution in [-0.4, -0.2) is 16.4 Å². The normalized spacial score (nSPS) is 24.5. The van der Waals surface area contributed by atoms with E-state index in [0.717, 1.165) is 28.5 Å². The van der Waals surface area contributed by atoms with Crippen molar-refractivity contribution in [2.24, 2.45) is 5.92 Å². The van der Waals surface area contributed by atoms with Crippen LogP contribution in [0.2, 0.25) is 39.3 Å². The number of fused-ring (bicyclic) bond motifs is 3. The molecule has 0 amide bonds. The van der Waals surface area contributed by atoms with Gasteiger partial charge in [-0.1, -0.05) is 62.6 Å². The van der Waals surface area contributed by atoms with E-state index >= 15 is 0 Å². The number of allylic oxidation sites excluding steroid dienone is 3. The number of hydrogen-bond acceptors (Lipinski definition) is 1. The van der Waals surface area contributed by atoms with Crippen LogP contribution in [0, 0.1) is 5.92 Å². The van der Waals surface area contributed by atoms with Crippen molar-refractivity contribution in [2.45, 2.75) is 82.9 Å². The number of rotatable bonds is 4. The average Bonchev–Trinajstić information content (AvgIpc) is 2.77. The van der Waals surface area contributed by atoms with Crippen molar-refractivity contribution in [3.63, 3.8) is 0 Å². The van der Waals surface area contributed by atoms with E-state index in [1.165, 1.54) is 0 Å². The SMILES string of the molecule is C=C1C(c2cc(C(F)(F)F)cc(C(F)(F)F)c2)=C([Si](C)(C)C)C[C@]2(C)c3ccccc3[C@H](O[Si](C)(C)C)C[C@@H]12. The molecule has 0 bridgehead atoms. The van der Waals surface area contributed by atoms with Crippen molar-refractivity contribution < 1.29 is 30.8 Å². The minimum Gasteiger partial charge on any atom is -0.411 e. The fraction of sp³-hybridized carbons (Fsp3) is 0.467. The molecule has 1 nitrogen and oxygen atoms in total. The highest BCUT2D eigenvalue weighted by atomic mass is 28.4. The van der Waals surface area contributed by atoms with Gasteiger partial charge in [-0.2, -0.15) is 26.3 Å². The van der Waals surface area contributed by atoms with Crippen LogP contribution in [0.5, 0.6) is 0 Å². The molecule has 9 heteroatoms. The number of benzene rings is 2. The maximum absolute atomic E-state index is 13.8. The molecule has 2 aromatic carbocycles. The van der Waals surface area contributed by atoms with Crippen LogP contribution >= 0.6 is 0 Å². The van der Waals surface area contributed by atoms with Gasteiger partial charge in [-0.25, -0.2) is 0 Å². The van der Waals surface area contributed by atoms with Crippen molar-refractivity contribution >= 4 is 22.0 Å². The quantitative estimate of drug-likeness (QED) is 0.257. The van der Waals surface area contributed by atoms with Crippen LogP contribution in [0.1, 0.15) is 53.7 Å². The summed E-state index contributed by atoms with van der Waals surface area (Å²) in [4.78, 5) is 0. The van der Waals surface area contributed by atoms with Crippen molar-refractivity contribution in [3.05, 3.63) is 87.6 Å². The molecule has 0 radical (unpaired) electrons. The number of hydrogen-bond donors (Lipinski definition) is 0. The van der Waals surface area contributed by atoms with Crippen LogP contribution in [0.3, 0.4) is 0 Å². The summed E-state index contributed by atoms with van der Waals surface area (Å²) in [6.07, 6.45) is -8.93. The van der Waals surface area contributed by atoms with Crippen LogP contribution in [-0.2, 0) is 22.2 Å². The van der Waals surface area contributed by atoms with E-state index in [1.54, 1.807) is 0 Å². The molecule has 0 aromatic heterocycles. The first-order chi connectivity index (χ1) is 17.6. The number of alkyl halides is 6. The summed E-state index contributed by atoms with van der Waals surface area (Å²) in [6, 6.07) is 10.1. The van der Waals surface area contributed by atoms with Gasteiger partial charge in [-0.05, 0) is 84.4 Å². The van der Waals surface area contributed by atoms with Gasteiger partial charge >= 0.3 is 12.4 Å². The zero-order chi connectivity index (χ0) is 29.3. The molecule has 0 unspecified atom stereocenters. The summed E-state index contributed by atoms with van der Waals surface area (Å²) in [6.45, 7) is 19.2. The molecular formula is C30H36F6OSi2. The third-order valence-corrected chi connectivity index (χ3v) is 11.2.